The Hall–Kier alpha value is -2.63. The van der Waals surface area contributed by atoms with E-state index in [1.807, 2.05) is 27.8 Å². The molecule has 0 aliphatic carbocycles. The molecule has 0 saturated heterocycles. The Kier molecular flexibility index (Phi) is 4.83. The molecule has 0 aliphatic heterocycles. The molecular formula is C17H21N3O3. The zero-order valence-corrected chi connectivity index (χ0v) is 13.8. The molecule has 6 nitrogen and oxygen atoms in total. The lowest BCUT2D eigenvalue weighted by Crippen LogP contribution is -2.20. The van der Waals surface area contributed by atoms with E-state index in [0.29, 0.717) is 11.3 Å². The minimum Gasteiger partial charge on any atom is -0.481 e. The molecule has 1 unspecified atom stereocenters. The molecule has 6 heteroatoms. The highest BCUT2D eigenvalue weighted by Gasteiger charge is 2.22. The van der Waals surface area contributed by atoms with Gasteiger partial charge in [-0.15, -0.1) is 0 Å². The Morgan fingerprint density at radius 3 is 2.35 bits per heavy atom. The lowest BCUT2D eigenvalue weighted by atomic mass is 9.98. The van der Waals surface area contributed by atoms with E-state index in [-0.39, 0.29) is 18.2 Å². The predicted molar refractivity (Wildman–Crippen MR) is 87.5 cm³/mol. The topological polar surface area (TPSA) is 84.2 Å². The molecule has 2 rings (SSSR count). The minimum atomic E-state index is -0.877. The van der Waals surface area contributed by atoms with Crippen LogP contribution in [0.3, 0.4) is 0 Å². The zero-order valence-electron chi connectivity index (χ0n) is 13.8. The second-order valence-corrected chi connectivity index (χ2v) is 5.69. The number of nitrogens with zero attached hydrogens (tertiary/aromatic N) is 2. The SMILES string of the molecule is Cc1nn(C)c(C)c1C(C)C(=O)Nc1ccc(CC(=O)O)cc1. The van der Waals surface area contributed by atoms with Crippen LogP contribution in [0.15, 0.2) is 24.3 Å². The maximum atomic E-state index is 12.4. The van der Waals surface area contributed by atoms with Crippen molar-refractivity contribution >= 4 is 17.6 Å². The van der Waals surface area contributed by atoms with Crippen molar-refractivity contribution in [2.24, 2.45) is 7.05 Å². The summed E-state index contributed by atoms with van der Waals surface area (Å²) in [5, 5.41) is 16.0. The summed E-state index contributed by atoms with van der Waals surface area (Å²) in [5.74, 6) is -1.31. The van der Waals surface area contributed by atoms with E-state index < -0.39 is 5.97 Å². The summed E-state index contributed by atoms with van der Waals surface area (Å²) in [6.07, 6.45) is -0.0291. The van der Waals surface area contributed by atoms with Crippen LogP contribution in [0.4, 0.5) is 5.69 Å². The van der Waals surface area contributed by atoms with Crippen molar-refractivity contribution in [3.05, 3.63) is 46.8 Å². The Morgan fingerprint density at radius 2 is 1.87 bits per heavy atom. The average Bonchev–Trinajstić information content (AvgIpc) is 2.73. The smallest absolute Gasteiger partial charge is 0.307 e. The highest BCUT2D eigenvalue weighted by Crippen LogP contribution is 2.24. The monoisotopic (exact) mass is 315 g/mol. The van der Waals surface area contributed by atoms with Crippen LogP contribution >= 0.6 is 0 Å². The molecule has 2 N–H and O–H groups in total. The number of carbonyl (C=O) groups is 2. The van der Waals surface area contributed by atoms with Crippen LogP contribution in [-0.4, -0.2) is 26.8 Å². The van der Waals surface area contributed by atoms with Crippen molar-refractivity contribution in [2.75, 3.05) is 5.32 Å². The number of aliphatic carboxylic acids is 1. The molecule has 0 aliphatic rings. The highest BCUT2D eigenvalue weighted by atomic mass is 16.4. The van der Waals surface area contributed by atoms with E-state index in [2.05, 4.69) is 10.4 Å². The van der Waals surface area contributed by atoms with Gasteiger partial charge in [0.15, 0.2) is 0 Å². The van der Waals surface area contributed by atoms with Crippen molar-refractivity contribution in [2.45, 2.75) is 33.1 Å². The number of nitrogens with one attached hydrogen (secondary N) is 1. The first kappa shape index (κ1) is 16.7. The van der Waals surface area contributed by atoms with Gasteiger partial charge in [-0.1, -0.05) is 12.1 Å². The van der Waals surface area contributed by atoms with Gasteiger partial charge in [0.1, 0.15) is 0 Å². The second kappa shape index (κ2) is 6.64. The van der Waals surface area contributed by atoms with Crippen molar-refractivity contribution < 1.29 is 14.7 Å². The summed E-state index contributed by atoms with van der Waals surface area (Å²) in [5.41, 5.74) is 4.11. The molecule has 1 heterocycles. The van der Waals surface area contributed by atoms with Gasteiger partial charge < -0.3 is 10.4 Å². The van der Waals surface area contributed by atoms with Gasteiger partial charge in [-0.25, -0.2) is 0 Å². The third-order valence-corrected chi connectivity index (χ3v) is 3.97. The van der Waals surface area contributed by atoms with Gasteiger partial charge in [0.2, 0.25) is 5.91 Å². The van der Waals surface area contributed by atoms with E-state index in [1.165, 1.54) is 0 Å². The van der Waals surface area contributed by atoms with Crippen LogP contribution in [0.1, 0.15) is 35.4 Å². The molecule has 1 aromatic carbocycles. The number of carbonyl (C=O) groups excluding carboxylic acids is 1. The largest absolute Gasteiger partial charge is 0.481 e. The Morgan fingerprint density at radius 1 is 1.26 bits per heavy atom. The Bertz CT molecular complexity index is 732. The van der Waals surface area contributed by atoms with Gasteiger partial charge in [-0.3, -0.25) is 14.3 Å². The first-order valence-corrected chi connectivity index (χ1v) is 7.41. The fourth-order valence-electron chi connectivity index (χ4n) is 2.68. The molecular weight excluding hydrogens is 294 g/mol. The molecule has 1 atom stereocenters. The first-order chi connectivity index (χ1) is 10.8. The van der Waals surface area contributed by atoms with E-state index in [1.54, 1.807) is 28.9 Å². The Labute approximate surface area is 135 Å². The van der Waals surface area contributed by atoms with Gasteiger partial charge in [0, 0.05) is 24.0 Å². The van der Waals surface area contributed by atoms with Crippen molar-refractivity contribution in [3.8, 4) is 0 Å². The lowest BCUT2D eigenvalue weighted by molar-refractivity contribution is -0.136. The van der Waals surface area contributed by atoms with Crippen LogP contribution in [0.5, 0.6) is 0 Å². The molecule has 0 spiro atoms. The zero-order chi connectivity index (χ0) is 17.1. The number of anilines is 1. The standard InChI is InChI=1S/C17H21N3O3/c1-10(16-11(2)19-20(4)12(16)3)17(23)18-14-7-5-13(6-8-14)9-15(21)22/h5-8,10H,9H2,1-4H3,(H,18,23)(H,21,22). The first-order valence-electron chi connectivity index (χ1n) is 7.41. The van der Waals surface area contributed by atoms with E-state index >= 15 is 0 Å². The number of carboxylic acid groups (broad SMARTS) is 1. The number of carboxylic acids is 1. The number of hydrogen-bond donors (Lipinski definition) is 2. The summed E-state index contributed by atoms with van der Waals surface area (Å²) >= 11 is 0. The van der Waals surface area contributed by atoms with Gasteiger partial charge in [0.25, 0.3) is 0 Å². The van der Waals surface area contributed by atoms with Crippen LogP contribution < -0.4 is 5.32 Å². The predicted octanol–water partition coefficient (Wildman–Crippen LogP) is 2.41. The van der Waals surface area contributed by atoms with Crippen LogP contribution in [0.2, 0.25) is 0 Å². The number of rotatable bonds is 5. The molecule has 0 fully saturated rings. The lowest BCUT2D eigenvalue weighted by Gasteiger charge is -2.13. The minimum absolute atomic E-state index is 0.0291. The van der Waals surface area contributed by atoms with Crippen molar-refractivity contribution in [3.63, 3.8) is 0 Å². The molecule has 1 amide bonds. The van der Waals surface area contributed by atoms with Crippen molar-refractivity contribution in [1.82, 2.24) is 9.78 Å². The quantitative estimate of drug-likeness (QED) is 0.887. The number of aromatic nitrogens is 2. The summed E-state index contributed by atoms with van der Waals surface area (Å²) < 4.78 is 1.77. The van der Waals surface area contributed by atoms with E-state index in [4.69, 9.17) is 5.11 Å². The Balaban J connectivity index is 2.10. The van der Waals surface area contributed by atoms with Crippen molar-refractivity contribution in [1.29, 1.82) is 0 Å². The molecule has 2 aromatic rings. The summed E-state index contributed by atoms with van der Waals surface area (Å²) in [6.45, 7) is 5.69. The third kappa shape index (κ3) is 3.77. The number of hydrogen-bond acceptors (Lipinski definition) is 3. The fraction of sp³-hybridized carbons (Fsp3) is 0.353. The third-order valence-electron chi connectivity index (χ3n) is 3.97. The number of amides is 1. The van der Waals surface area contributed by atoms with Crippen LogP contribution in [0.25, 0.3) is 0 Å². The normalized spacial score (nSPS) is 12.0. The molecule has 23 heavy (non-hydrogen) atoms. The highest BCUT2D eigenvalue weighted by molar-refractivity contribution is 5.95. The van der Waals surface area contributed by atoms with Crippen LogP contribution in [0, 0.1) is 13.8 Å². The molecule has 0 radical (unpaired) electrons. The van der Waals surface area contributed by atoms with E-state index in [0.717, 1.165) is 17.0 Å². The average molecular weight is 315 g/mol. The van der Waals surface area contributed by atoms with Gasteiger partial charge in [-0.05, 0) is 38.5 Å². The van der Waals surface area contributed by atoms with Gasteiger partial charge >= 0.3 is 5.97 Å². The molecule has 0 saturated carbocycles. The number of benzene rings is 1. The number of aryl methyl sites for hydroxylation is 2. The maximum absolute atomic E-state index is 12.4. The van der Waals surface area contributed by atoms with Gasteiger partial charge in [0.05, 0.1) is 18.0 Å². The molecule has 0 bridgehead atoms. The fourth-order valence-corrected chi connectivity index (χ4v) is 2.68. The summed E-state index contributed by atoms with van der Waals surface area (Å²) in [6, 6.07) is 6.83. The molecule has 122 valence electrons. The molecule has 1 aromatic heterocycles. The van der Waals surface area contributed by atoms with Gasteiger partial charge in [-0.2, -0.15) is 5.10 Å². The second-order valence-electron chi connectivity index (χ2n) is 5.69. The summed E-state index contributed by atoms with van der Waals surface area (Å²) in [4.78, 5) is 23.1. The van der Waals surface area contributed by atoms with E-state index in [9.17, 15) is 9.59 Å². The summed E-state index contributed by atoms with van der Waals surface area (Å²) in [7, 11) is 1.86. The van der Waals surface area contributed by atoms with Crippen LogP contribution in [-0.2, 0) is 23.1 Å². The maximum Gasteiger partial charge on any atom is 0.307 e.